The Morgan fingerprint density at radius 2 is 1.76 bits per heavy atom. The van der Waals surface area contributed by atoms with E-state index in [-0.39, 0.29) is 0 Å². The zero-order valence-electron chi connectivity index (χ0n) is 13.7. The van der Waals surface area contributed by atoms with Crippen molar-refractivity contribution in [2.45, 2.75) is 65.1 Å². The Labute approximate surface area is 130 Å². The molecule has 2 atom stereocenters. The number of rotatable bonds is 8. The Bertz CT molecular complexity index is 387. The van der Waals surface area contributed by atoms with Crippen molar-refractivity contribution in [1.29, 1.82) is 0 Å². The molecule has 1 saturated carbocycles. The van der Waals surface area contributed by atoms with Crippen LogP contribution in [0.2, 0.25) is 0 Å². The summed E-state index contributed by atoms with van der Waals surface area (Å²) in [5.74, 6) is 0.776. The third kappa shape index (κ3) is 5.44. The van der Waals surface area contributed by atoms with Crippen molar-refractivity contribution in [2.24, 2.45) is 5.92 Å². The summed E-state index contributed by atoms with van der Waals surface area (Å²) in [6.45, 7) is 7.33. The summed E-state index contributed by atoms with van der Waals surface area (Å²) >= 11 is 0. The van der Waals surface area contributed by atoms with Gasteiger partial charge in [0.2, 0.25) is 0 Å². The van der Waals surface area contributed by atoms with E-state index in [1.807, 2.05) is 0 Å². The second-order valence-corrected chi connectivity index (χ2v) is 6.22. The van der Waals surface area contributed by atoms with Crippen LogP contribution in [-0.2, 0) is 17.8 Å². The van der Waals surface area contributed by atoms with Gasteiger partial charge in [-0.25, -0.2) is 0 Å². The highest BCUT2D eigenvalue weighted by Crippen LogP contribution is 2.29. The fourth-order valence-corrected chi connectivity index (χ4v) is 3.27. The second kappa shape index (κ2) is 9.22. The molecule has 2 rings (SSSR count). The summed E-state index contributed by atoms with van der Waals surface area (Å²) in [6.07, 6.45) is 8.17. The molecule has 0 aliphatic heterocycles. The molecule has 1 aliphatic carbocycles. The van der Waals surface area contributed by atoms with E-state index in [1.54, 1.807) is 0 Å². The van der Waals surface area contributed by atoms with Crippen LogP contribution in [0.15, 0.2) is 24.3 Å². The molecule has 1 fully saturated rings. The molecule has 0 saturated heterocycles. The lowest BCUT2D eigenvalue weighted by Crippen LogP contribution is -2.27. The average Bonchev–Trinajstić information content (AvgIpc) is 2.54. The Kier molecular flexibility index (Phi) is 7.25. The van der Waals surface area contributed by atoms with Gasteiger partial charge < -0.3 is 10.1 Å². The molecule has 0 bridgehead atoms. The zero-order valence-corrected chi connectivity index (χ0v) is 13.7. The van der Waals surface area contributed by atoms with Crippen LogP contribution in [0, 0.1) is 5.92 Å². The Morgan fingerprint density at radius 3 is 2.48 bits per heavy atom. The highest BCUT2D eigenvalue weighted by atomic mass is 16.5. The van der Waals surface area contributed by atoms with Crippen LogP contribution in [0.25, 0.3) is 0 Å². The smallest absolute Gasteiger partial charge is 0.0720 e. The molecule has 0 aromatic heterocycles. The fraction of sp³-hybridized carbons (Fsp3) is 0.684. The van der Waals surface area contributed by atoms with Crippen LogP contribution >= 0.6 is 0 Å². The van der Waals surface area contributed by atoms with Crippen molar-refractivity contribution in [2.75, 3.05) is 13.1 Å². The van der Waals surface area contributed by atoms with Gasteiger partial charge in [-0.15, -0.1) is 0 Å². The maximum absolute atomic E-state index is 6.20. The first-order valence-corrected chi connectivity index (χ1v) is 8.73. The van der Waals surface area contributed by atoms with Gasteiger partial charge in [0, 0.05) is 0 Å². The molecule has 2 unspecified atom stereocenters. The van der Waals surface area contributed by atoms with Gasteiger partial charge in [0.1, 0.15) is 0 Å². The topological polar surface area (TPSA) is 21.3 Å². The maximum Gasteiger partial charge on any atom is 0.0720 e. The van der Waals surface area contributed by atoms with E-state index >= 15 is 0 Å². The minimum absolute atomic E-state index is 0.484. The van der Waals surface area contributed by atoms with E-state index in [0.29, 0.717) is 6.10 Å². The maximum atomic E-state index is 6.20. The van der Waals surface area contributed by atoms with E-state index in [4.69, 9.17) is 4.74 Å². The third-order valence-electron chi connectivity index (χ3n) is 4.69. The number of likely N-dealkylation sites (N-methyl/N-ethyl adjacent to an activating group) is 1. The molecule has 0 spiro atoms. The van der Waals surface area contributed by atoms with Crippen molar-refractivity contribution in [3.63, 3.8) is 0 Å². The van der Waals surface area contributed by atoms with Crippen LogP contribution in [0.5, 0.6) is 0 Å². The molecule has 21 heavy (non-hydrogen) atoms. The van der Waals surface area contributed by atoms with Crippen LogP contribution in [0.3, 0.4) is 0 Å². The van der Waals surface area contributed by atoms with E-state index < -0.39 is 0 Å². The average molecular weight is 289 g/mol. The second-order valence-electron chi connectivity index (χ2n) is 6.22. The molecule has 0 amide bonds. The molecule has 1 aromatic rings. The minimum Gasteiger partial charge on any atom is -0.373 e. The predicted molar refractivity (Wildman–Crippen MR) is 89.5 cm³/mol. The molecule has 118 valence electrons. The monoisotopic (exact) mass is 289 g/mol. The SMILES string of the molecule is CCNCCc1ccc(COC2CCCCC2CC)cc1. The number of hydrogen-bond donors (Lipinski definition) is 1. The molecule has 2 heteroatoms. The molecular formula is C19H31NO. The Hall–Kier alpha value is -0.860. The van der Waals surface area contributed by atoms with Crippen molar-refractivity contribution < 1.29 is 4.74 Å². The Balaban J connectivity index is 1.77. The minimum atomic E-state index is 0.484. The molecule has 1 N–H and O–H groups in total. The van der Waals surface area contributed by atoms with Crippen LogP contribution < -0.4 is 5.32 Å². The zero-order chi connectivity index (χ0) is 14.9. The van der Waals surface area contributed by atoms with Crippen LogP contribution in [0.4, 0.5) is 0 Å². The summed E-state index contributed by atoms with van der Waals surface area (Å²) in [5, 5.41) is 3.37. The van der Waals surface area contributed by atoms with E-state index in [0.717, 1.165) is 32.0 Å². The Morgan fingerprint density at radius 1 is 1.05 bits per heavy atom. The predicted octanol–water partition coefficient (Wildman–Crippen LogP) is 4.32. The standard InChI is InChI=1S/C19H31NO/c1-3-18-7-5-6-8-19(18)21-15-17-11-9-16(10-12-17)13-14-20-4-2/h9-12,18-20H,3-8,13-15H2,1-2H3. The first-order chi connectivity index (χ1) is 10.3. The first-order valence-electron chi connectivity index (χ1n) is 8.73. The number of hydrogen-bond acceptors (Lipinski definition) is 2. The molecular weight excluding hydrogens is 258 g/mol. The molecule has 1 aromatic carbocycles. The lowest BCUT2D eigenvalue weighted by atomic mass is 9.85. The molecule has 2 nitrogen and oxygen atoms in total. The number of ether oxygens (including phenoxy) is 1. The van der Waals surface area contributed by atoms with Crippen molar-refractivity contribution in [3.8, 4) is 0 Å². The largest absolute Gasteiger partial charge is 0.373 e. The summed E-state index contributed by atoms with van der Waals surface area (Å²) in [4.78, 5) is 0. The fourth-order valence-electron chi connectivity index (χ4n) is 3.27. The molecule has 0 radical (unpaired) electrons. The van der Waals surface area contributed by atoms with Gasteiger partial charge in [-0.3, -0.25) is 0 Å². The highest BCUT2D eigenvalue weighted by Gasteiger charge is 2.24. The molecule has 0 heterocycles. The van der Waals surface area contributed by atoms with Gasteiger partial charge in [0.25, 0.3) is 0 Å². The first kappa shape index (κ1) is 16.5. The van der Waals surface area contributed by atoms with Crippen molar-refractivity contribution >= 4 is 0 Å². The van der Waals surface area contributed by atoms with E-state index in [9.17, 15) is 0 Å². The lowest BCUT2D eigenvalue weighted by Gasteiger charge is -2.30. The summed E-state index contributed by atoms with van der Waals surface area (Å²) in [7, 11) is 0. The highest BCUT2D eigenvalue weighted by molar-refractivity contribution is 5.22. The van der Waals surface area contributed by atoms with Gasteiger partial charge in [-0.05, 0) is 49.4 Å². The van der Waals surface area contributed by atoms with E-state index in [1.165, 1.54) is 43.2 Å². The van der Waals surface area contributed by atoms with Crippen LogP contribution in [0.1, 0.15) is 57.1 Å². The van der Waals surface area contributed by atoms with Gasteiger partial charge in [-0.2, -0.15) is 0 Å². The van der Waals surface area contributed by atoms with E-state index in [2.05, 4.69) is 43.4 Å². The van der Waals surface area contributed by atoms with Gasteiger partial charge >= 0.3 is 0 Å². The number of benzene rings is 1. The summed E-state index contributed by atoms with van der Waals surface area (Å²) in [6, 6.07) is 8.94. The quantitative estimate of drug-likeness (QED) is 0.719. The van der Waals surface area contributed by atoms with Gasteiger partial charge in [0.05, 0.1) is 12.7 Å². The van der Waals surface area contributed by atoms with Crippen molar-refractivity contribution in [3.05, 3.63) is 35.4 Å². The summed E-state index contributed by atoms with van der Waals surface area (Å²) < 4.78 is 6.20. The lowest BCUT2D eigenvalue weighted by molar-refractivity contribution is -0.0221. The van der Waals surface area contributed by atoms with Gasteiger partial charge in [-0.1, -0.05) is 57.4 Å². The third-order valence-corrected chi connectivity index (χ3v) is 4.69. The van der Waals surface area contributed by atoms with Crippen molar-refractivity contribution in [1.82, 2.24) is 5.32 Å². The number of nitrogens with one attached hydrogen (secondary N) is 1. The summed E-state index contributed by atoms with van der Waals surface area (Å²) in [5.41, 5.74) is 2.71. The normalized spacial score (nSPS) is 22.4. The molecule has 1 aliphatic rings. The van der Waals surface area contributed by atoms with Crippen LogP contribution in [-0.4, -0.2) is 19.2 Å². The van der Waals surface area contributed by atoms with Gasteiger partial charge in [0.15, 0.2) is 0 Å².